The first kappa shape index (κ1) is 18.4. The lowest BCUT2D eigenvalue weighted by Crippen LogP contribution is -2.15. The Labute approximate surface area is 156 Å². The molecule has 2 heterocycles. The number of esters is 1. The number of ether oxygens (including phenoxy) is 3. The van der Waals surface area contributed by atoms with Crippen molar-refractivity contribution in [2.45, 2.75) is 25.7 Å². The van der Waals surface area contributed by atoms with Gasteiger partial charge in [0.1, 0.15) is 13.2 Å². The Balaban J connectivity index is 1.75. The molecule has 26 heavy (non-hydrogen) atoms. The van der Waals surface area contributed by atoms with Crippen molar-refractivity contribution in [3.8, 4) is 11.5 Å². The highest BCUT2D eigenvalue weighted by Gasteiger charge is 2.25. The molecule has 1 aromatic carbocycles. The van der Waals surface area contributed by atoms with Gasteiger partial charge in [0.15, 0.2) is 17.3 Å². The van der Waals surface area contributed by atoms with Gasteiger partial charge in [0.2, 0.25) is 0 Å². The lowest BCUT2D eigenvalue weighted by atomic mass is 10.1. The molecule has 7 heteroatoms. The first-order valence-corrected chi connectivity index (χ1v) is 9.41. The molecule has 3 rings (SSSR count). The van der Waals surface area contributed by atoms with Gasteiger partial charge in [0, 0.05) is 16.3 Å². The van der Waals surface area contributed by atoms with E-state index in [1.54, 1.807) is 20.8 Å². The van der Waals surface area contributed by atoms with E-state index < -0.39 is 5.97 Å². The second kappa shape index (κ2) is 7.86. The molecule has 0 spiro atoms. The van der Waals surface area contributed by atoms with Crippen molar-refractivity contribution < 1.29 is 23.8 Å². The minimum absolute atomic E-state index is 0.116. The third-order valence-electron chi connectivity index (χ3n) is 4.02. The highest BCUT2D eigenvalue weighted by molar-refractivity contribution is 8.00. The third-order valence-corrected chi connectivity index (χ3v) is 5.01. The fraction of sp³-hybridized carbons (Fsp3) is 0.368. The van der Waals surface area contributed by atoms with Gasteiger partial charge in [-0.15, -0.1) is 11.8 Å². The minimum atomic E-state index is -0.470. The Kier molecular flexibility index (Phi) is 5.56. The summed E-state index contributed by atoms with van der Waals surface area (Å²) in [7, 11) is 0. The Morgan fingerprint density at radius 3 is 2.54 bits per heavy atom. The number of carbonyl (C=O) groups is 2. The van der Waals surface area contributed by atoms with E-state index in [1.807, 2.05) is 18.2 Å². The number of hydrogen-bond acceptors (Lipinski definition) is 6. The van der Waals surface area contributed by atoms with Gasteiger partial charge in [-0.1, -0.05) is 0 Å². The molecule has 0 unspecified atom stereocenters. The number of aromatic nitrogens is 1. The average Bonchev–Trinajstić information content (AvgIpc) is 2.93. The standard InChI is InChI=1S/C19H21NO5S/c1-4-23-19(22)18-12(3)20-11(2)17(18)14(21)10-26-13-5-6-15-16(9-13)25-8-7-24-15/h5-6,9,20H,4,7-8,10H2,1-3H3. The maximum atomic E-state index is 12.8. The van der Waals surface area contributed by atoms with Crippen LogP contribution in [0.5, 0.6) is 11.5 Å². The molecule has 1 aromatic heterocycles. The molecular formula is C19H21NO5S. The summed E-state index contributed by atoms with van der Waals surface area (Å²) in [5, 5.41) is 0. The van der Waals surface area contributed by atoms with Crippen molar-refractivity contribution in [3.05, 3.63) is 40.7 Å². The number of carbonyl (C=O) groups excluding carboxylic acids is 2. The van der Waals surface area contributed by atoms with Crippen LogP contribution in [-0.2, 0) is 4.74 Å². The van der Waals surface area contributed by atoms with Crippen LogP contribution in [0.3, 0.4) is 0 Å². The molecule has 1 N–H and O–H groups in total. The van der Waals surface area contributed by atoms with Gasteiger partial charge in [0.25, 0.3) is 0 Å². The maximum Gasteiger partial charge on any atom is 0.340 e. The van der Waals surface area contributed by atoms with Crippen LogP contribution in [0.15, 0.2) is 23.1 Å². The van der Waals surface area contributed by atoms with E-state index >= 15 is 0 Å². The van der Waals surface area contributed by atoms with E-state index in [0.717, 1.165) is 4.90 Å². The van der Waals surface area contributed by atoms with E-state index in [9.17, 15) is 9.59 Å². The number of hydrogen-bond donors (Lipinski definition) is 1. The molecule has 0 amide bonds. The molecule has 0 saturated carbocycles. The Morgan fingerprint density at radius 1 is 1.12 bits per heavy atom. The number of fused-ring (bicyclic) bond motifs is 1. The summed E-state index contributed by atoms with van der Waals surface area (Å²) in [6.45, 7) is 6.63. The Bertz CT molecular complexity index is 843. The number of ketones is 1. The first-order chi connectivity index (χ1) is 12.5. The molecule has 0 saturated heterocycles. The predicted octanol–water partition coefficient (Wildman–Crippen LogP) is 3.55. The monoisotopic (exact) mass is 375 g/mol. The normalized spacial score (nSPS) is 12.7. The highest BCUT2D eigenvalue weighted by atomic mass is 32.2. The number of aromatic amines is 1. The van der Waals surface area contributed by atoms with E-state index in [2.05, 4.69) is 4.98 Å². The van der Waals surface area contributed by atoms with Crippen LogP contribution in [0.25, 0.3) is 0 Å². The van der Waals surface area contributed by atoms with E-state index in [0.29, 0.717) is 47.2 Å². The molecule has 0 bridgehead atoms. The van der Waals surface area contributed by atoms with Crippen LogP contribution in [-0.4, -0.2) is 42.3 Å². The van der Waals surface area contributed by atoms with Crippen LogP contribution in [0.2, 0.25) is 0 Å². The molecule has 1 aliphatic heterocycles. The van der Waals surface area contributed by atoms with Crippen LogP contribution in [0, 0.1) is 13.8 Å². The van der Waals surface area contributed by atoms with Gasteiger partial charge in [-0.25, -0.2) is 4.79 Å². The molecule has 0 aliphatic carbocycles. The number of benzene rings is 1. The lowest BCUT2D eigenvalue weighted by Gasteiger charge is -2.18. The number of aryl methyl sites for hydroxylation is 2. The van der Waals surface area contributed by atoms with Crippen LogP contribution in [0.4, 0.5) is 0 Å². The number of thioether (sulfide) groups is 1. The van der Waals surface area contributed by atoms with Gasteiger partial charge in [-0.2, -0.15) is 0 Å². The van der Waals surface area contributed by atoms with Crippen molar-refractivity contribution in [2.75, 3.05) is 25.6 Å². The third kappa shape index (κ3) is 3.72. The van der Waals surface area contributed by atoms with Crippen molar-refractivity contribution in [2.24, 2.45) is 0 Å². The van der Waals surface area contributed by atoms with Crippen molar-refractivity contribution >= 4 is 23.5 Å². The summed E-state index contributed by atoms with van der Waals surface area (Å²) < 4.78 is 16.2. The lowest BCUT2D eigenvalue weighted by molar-refractivity contribution is 0.0522. The van der Waals surface area contributed by atoms with Gasteiger partial charge < -0.3 is 19.2 Å². The SMILES string of the molecule is CCOC(=O)c1c(C)[nH]c(C)c1C(=O)CSc1ccc2c(c1)OCCO2. The topological polar surface area (TPSA) is 77.6 Å². The summed E-state index contributed by atoms with van der Waals surface area (Å²) in [5.74, 6) is 1.03. The highest BCUT2D eigenvalue weighted by Crippen LogP contribution is 2.34. The fourth-order valence-corrected chi connectivity index (χ4v) is 3.72. The van der Waals surface area contributed by atoms with E-state index in [-0.39, 0.29) is 18.1 Å². The number of Topliss-reactive ketones (excluding diaryl/α,β-unsaturated/α-hetero) is 1. The van der Waals surface area contributed by atoms with Gasteiger partial charge in [-0.3, -0.25) is 4.79 Å². The summed E-state index contributed by atoms with van der Waals surface area (Å²) in [5.41, 5.74) is 2.06. The molecule has 0 atom stereocenters. The van der Waals surface area contributed by atoms with Gasteiger partial charge in [0.05, 0.1) is 23.5 Å². The van der Waals surface area contributed by atoms with Gasteiger partial charge in [-0.05, 0) is 39.0 Å². The summed E-state index contributed by atoms with van der Waals surface area (Å²) in [6, 6.07) is 5.61. The maximum absolute atomic E-state index is 12.8. The van der Waals surface area contributed by atoms with Crippen LogP contribution in [0.1, 0.15) is 39.0 Å². The average molecular weight is 375 g/mol. The number of nitrogens with one attached hydrogen (secondary N) is 1. The smallest absolute Gasteiger partial charge is 0.340 e. The van der Waals surface area contributed by atoms with E-state index in [4.69, 9.17) is 14.2 Å². The van der Waals surface area contributed by atoms with E-state index in [1.165, 1.54) is 11.8 Å². The Morgan fingerprint density at radius 2 is 1.81 bits per heavy atom. The van der Waals surface area contributed by atoms with Crippen LogP contribution >= 0.6 is 11.8 Å². The molecule has 1 aliphatic rings. The largest absolute Gasteiger partial charge is 0.486 e. The second-order valence-corrected chi connectivity index (χ2v) is 6.91. The zero-order valence-electron chi connectivity index (χ0n) is 15.0. The predicted molar refractivity (Wildman–Crippen MR) is 98.7 cm³/mol. The summed E-state index contributed by atoms with van der Waals surface area (Å²) >= 11 is 1.40. The van der Waals surface area contributed by atoms with Crippen molar-refractivity contribution in [3.63, 3.8) is 0 Å². The van der Waals surface area contributed by atoms with Crippen molar-refractivity contribution in [1.29, 1.82) is 0 Å². The number of H-pyrrole nitrogens is 1. The summed E-state index contributed by atoms with van der Waals surface area (Å²) in [6.07, 6.45) is 0. The molecular weight excluding hydrogens is 354 g/mol. The molecule has 2 aromatic rings. The second-order valence-electron chi connectivity index (χ2n) is 5.86. The van der Waals surface area contributed by atoms with Gasteiger partial charge >= 0.3 is 5.97 Å². The number of rotatable bonds is 6. The van der Waals surface area contributed by atoms with Crippen molar-refractivity contribution in [1.82, 2.24) is 4.98 Å². The molecule has 6 nitrogen and oxygen atoms in total. The Hall–Kier alpha value is -2.41. The molecule has 0 radical (unpaired) electrons. The fourth-order valence-electron chi connectivity index (χ4n) is 2.92. The first-order valence-electron chi connectivity index (χ1n) is 8.43. The molecule has 138 valence electrons. The van der Waals surface area contributed by atoms with Crippen LogP contribution < -0.4 is 9.47 Å². The molecule has 0 fully saturated rings. The zero-order chi connectivity index (χ0) is 18.7. The minimum Gasteiger partial charge on any atom is -0.486 e. The summed E-state index contributed by atoms with van der Waals surface area (Å²) in [4.78, 5) is 28.9. The zero-order valence-corrected chi connectivity index (χ0v) is 15.8. The quantitative estimate of drug-likeness (QED) is 0.473.